The van der Waals surface area contributed by atoms with Gasteiger partial charge in [-0.05, 0) is 19.4 Å². The quantitative estimate of drug-likeness (QED) is 0.413. The Labute approximate surface area is 181 Å². The van der Waals surface area contributed by atoms with Gasteiger partial charge < -0.3 is 10.5 Å². The van der Waals surface area contributed by atoms with Crippen LogP contribution in [0.5, 0.6) is 0 Å². The Morgan fingerprint density at radius 1 is 1.19 bits per heavy atom. The van der Waals surface area contributed by atoms with E-state index >= 15 is 0 Å². The number of benzene rings is 1. The maximum Gasteiger partial charge on any atom is 0.343 e. The van der Waals surface area contributed by atoms with E-state index in [0.717, 1.165) is 10.1 Å². The van der Waals surface area contributed by atoms with Crippen LogP contribution in [0.15, 0.2) is 39.9 Å². The lowest BCUT2D eigenvalue weighted by Gasteiger charge is -2.10. The highest BCUT2D eigenvalue weighted by Crippen LogP contribution is 2.22. The van der Waals surface area contributed by atoms with E-state index in [2.05, 4.69) is 5.10 Å². The van der Waals surface area contributed by atoms with Crippen molar-refractivity contribution in [2.75, 3.05) is 12.3 Å². The summed E-state index contributed by atoms with van der Waals surface area (Å²) >= 11 is 6.32. The van der Waals surface area contributed by atoms with Gasteiger partial charge in [-0.3, -0.25) is 19.1 Å². The van der Waals surface area contributed by atoms with Crippen LogP contribution in [0.3, 0.4) is 0 Å². The van der Waals surface area contributed by atoms with Gasteiger partial charge in [0.1, 0.15) is 22.1 Å². The van der Waals surface area contributed by atoms with Gasteiger partial charge in [0.2, 0.25) is 5.78 Å². The molecular formula is C20H20ClN5O5. The van der Waals surface area contributed by atoms with Crippen LogP contribution in [-0.2, 0) is 17.8 Å². The number of ether oxygens (including phenoxy) is 1. The third-order valence-electron chi connectivity index (χ3n) is 4.61. The minimum absolute atomic E-state index is 0.0193. The van der Waals surface area contributed by atoms with Gasteiger partial charge in [0, 0.05) is 6.54 Å². The second-order valence-corrected chi connectivity index (χ2v) is 7.02. The molecule has 0 aliphatic heterocycles. The summed E-state index contributed by atoms with van der Waals surface area (Å²) in [4.78, 5) is 50.8. The first kappa shape index (κ1) is 22.0. The third-order valence-corrected chi connectivity index (χ3v) is 5.00. The van der Waals surface area contributed by atoms with Crippen molar-refractivity contribution in [3.8, 4) is 0 Å². The first-order valence-corrected chi connectivity index (χ1v) is 9.72. The number of ketones is 1. The van der Waals surface area contributed by atoms with Crippen LogP contribution in [0, 0.1) is 6.92 Å². The maximum absolute atomic E-state index is 12.6. The summed E-state index contributed by atoms with van der Waals surface area (Å²) in [6.07, 6.45) is 0. The Hall–Kier alpha value is -3.66. The first-order chi connectivity index (χ1) is 14.7. The molecule has 0 aliphatic carbocycles. The molecule has 2 aromatic heterocycles. The van der Waals surface area contributed by atoms with Crippen molar-refractivity contribution >= 4 is 29.2 Å². The molecule has 31 heavy (non-hydrogen) atoms. The van der Waals surface area contributed by atoms with Crippen molar-refractivity contribution in [2.24, 2.45) is 0 Å². The van der Waals surface area contributed by atoms with Crippen LogP contribution in [0.1, 0.15) is 38.9 Å². The topological polar surface area (TPSA) is 142 Å². The van der Waals surface area contributed by atoms with Crippen LogP contribution in [0.25, 0.3) is 0 Å². The summed E-state index contributed by atoms with van der Waals surface area (Å²) in [5, 5.41) is 4.32. The van der Waals surface area contributed by atoms with Gasteiger partial charge in [-0.2, -0.15) is 5.10 Å². The van der Waals surface area contributed by atoms with Gasteiger partial charge in [-0.15, -0.1) is 0 Å². The lowest BCUT2D eigenvalue weighted by atomic mass is 10.2. The molecule has 0 unspecified atom stereocenters. The number of hydrogen-bond acceptors (Lipinski definition) is 7. The van der Waals surface area contributed by atoms with E-state index in [-0.39, 0.29) is 23.1 Å². The SMILES string of the molecule is CCn1c(N)c(C(=O)COC(=O)c2c(C)nn(Cc3ccccc3)c2Cl)c(=O)[nH]c1=O. The predicted molar refractivity (Wildman–Crippen MR) is 114 cm³/mol. The van der Waals surface area contributed by atoms with E-state index in [0.29, 0.717) is 12.2 Å². The van der Waals surface area contributed by atoms with Crippen molar-refractivity contribution in [1.29, 1.82) is 0 Å². The highest BCUT2D eigenvalue weighted by molar-refractivity contribution is 6.32. The Morgan fingerprint density at radius 2 is 1.87 bits per heavy atom. The van der Waals surface area contributed by atoms with Gasteiger partial charge in [0.15, 0.2) is 6.61 Å². The highest BCUT2D eigenvalue weighted by Gasteiger charge is 2.25. The Bertz CT molecular complexity index is 1260. The van der Waals surface area contributed by atoms with Crippen molar-refractivity contribution < 1.29 is 14.3 Å². The summed E-state index contributed by atoms with van der Waals surface area (Å²) in [6.45, 7) is 2.95. The molecular weight excluding hydrogens is 426 g/mol. The normalized spacial score (nSPS) is 10.8. The molecule has 3 aromatic rings. The fourth-order valence-corrected chi connectivity index (χ4v) is 3.40. The van der Waals surface area contributed by atoms with Crippen molar-refractivity contribution in [3.05, 3.63) is 78.7 Å². The number of nitrogens with two attached hydrogens (primary N) is 1. The molecule has 3 N–H and O–H groups in total. The molecule has 0 fully saturated rings. The van der Waals surface area contributed by atoms with Crippen LogP contribution < -0.4 is 17.0 Å². The summed E-state index contributed by atoms with van der Waals surface area (Å²) in [7, 11) is 0. The summed E-state index contributed by atoms with van der Waals surface area (Å²) in [6, 6.07) is 9.40. The minimum atomic E-state index is -0.946. The number of aromatic nitrogens is 4. The van der Waals surface area contributed by atoms with E-state index in [4.69, 9.17) is 22.1 Å². The number of hydrogen-bond donors (Lipinski definition) is 2. The van der Waals surface area contributed by atoms with Crippen LogP contribution in [0.2, 0.25) is 5.15 Å². The number of anilines is 1. The number of esters is 1. The zero-order valence-electron chi connectivity index (χ0n) is 16.8. The number of halogens is 1. The van der Waals surface area contributed by atoms with E-state index in [1.165, 1.54) is 4.68 Å². The molecule has 0 spiro atoms. The van der Waals surface area contributed by atoms with Crippen molar-refractivity contribution in [1.82, 2.24) is 19.3 Å². The van der Waals surface area contributed by atoms with Crippen LogP contribution in [0.4, 0.5) is 5.82 Å². The van der Waals surface area contributed by atoms with Gasteiger partial charge in [-0.25, -0.2) is 14.3 Å². The molecule has 0 saturated carbocycles. The lowest BCUT2D eigenvalue weighted by molar-refractivity contribution is 0.0473. The summed E-state index contributed by atoms with van der Waals surface area (Å²) < 4.78 is 7.54. The molecule has 1 aromatic carbocycles. The molecule has 0 bridgehead atoms. The van der Waals surface area contributed by atoms with Gasteiger partial charge in [-0.1, -0.05) is 41.9 Å². The highest BCUT2D eigenvalue weighted by atomic mass is 35.5. The number of aryl methyl sites for hydroxylation is 1. The number of H-pyrrole nitrogens is 1. The third kappa shape index (κ3) is 4.43. The van der Waals surface area contributed by atoms with E-state index in [1.807, 2.05) is 35.3 Å². The largest absolute Gasteiger partial charge is 0.454 e. The standard InChI is InChI=1S/C20H20ClN5O5/c1-3-25-17(22)15(18(28)23-20(25)30)13(27)10-31-19(29)14-11(2)24-26(16(14)21)9-12-7-5-4-6-8-12/h4-8H,3,9-10,22H2,1-2H3,(H,23,28,30). The van der Waals surface area contributed by atoms with E-state index in [1.54, 1.807) is 13.8 Å². The second-order valence-electron chi connectivity index (χ2n) is 6.66. The number of carbonyl (C=O) groups is 2. The van der Waals surface area contributed by atoms with Gasteiger partial charge in [0.25, 0.3) is 5.56 Å². The fourth-order valence-electron chi connectivity index (χ4n) is 3.09. The number of nitrogens with zero attached hydrogens (tertiary/aromatic N) is 3. The average molecular weight is 446 g/mol. The van der Waals surface area contributed by atoms with E-state index < -0.39 is 35.2 Å². The molecule has 0 saturated heterocycles. The molecule has 0 atom stereocenters. The Balaban J connectivity index is 1.78. The van der Waals surface area contributed by atoms with Crippen molar-refractivity contribution in [3.63, 3.8) is 0 Å². The number of rotatable bonds is 7. The molecule has 10 nitrogen and oxygen atoms in total. The Morgan fingerprint density at radius 3 is 2.52 bits per heavy atom. The smallest absolute Gasteiger partial charge is 0.343 e. The van der Waals surface area contributed by atoms with Crippen molar-refractivity contribution in [2.45, 2.75) is 26.9 Å². The average Bonchev–Trinajstić information content (AvgIpc) is 3.00. The zero-order valence-corrected chi connectivity index (χ0v) is 17.6. The summed E-state index contributed by atoms with van der Waals surface area (Å²) in [5.41, 5.74) is 4.94. The minimum Gasteiger partial charge on any atom is -0.454 e. The first-order valence-electron chi connectivity index (χ1n) is 9.34. The van der Waals surface area contributed by atoms with Gasteiger partial charge in [0.05, 0.1) is 12.2 Å². The molecule has 0 aliphatic rings. The van der Waals surface area contributed by atoms with Crippen LogP contribution in [-0.4, -0.2) is 37.7 Å². The number of Topliss-reactive ketones (excluding diaryl/α,β-unsaturated/α-hetero) is 1. The Kier molecular flexibility index (Phi) is 6.40. The molecule has 0 radical (unpaired) electrons. The second kappa shape index (κ2) is 9.00. The molecule has 0 amide bonds. The van der Waals surface area contributed by atoms with Crippen LogP contribution >= 0.6 is 11.6 Å². The fraction of sp³-hybridized carbons (Fsp3) is 0.250. The molecule has 2 heterocycles. The molecule has 3 rings (SSSR count). The molecule has 11 heteroatoms. The number of carbonyl (C=O) groups excluding carboxylic acids is 2. The summed E-state index contributed by atoms with van der Waals surface area (Å²) in [5.74, 6) is -2.00. The lowest BCUT2D eigenvalue weighted by Crippen LogP contribution is -2.36. The monoisotopic (exact) mass is 445 g/mol. The number of aromatic amines is 1. The molecule has 162 valence electrons. The van der Waals surface area contributed by atoms with Gasteiger partial charge >= 0.3 is 11.7 Å². The predicted octanol–water partition coefficient (Wildman–Crippen LogP) is 1.39. The number of nitrogens with one attached hydrogen (secondary N) is 1. The number of nitrogen functional groups attached to an aromatic ring is 1. The zero-order chi connectivity index (χ0) is 22.7. The maximum atomic E-state index is 12.6. The van der Waals surface area contributed by atoms with E-state index in [9.17, 15) is 19.2 Å².